The molecule has 2 rings (SSSR count). The van der Waals surface area contributed by atoms with Gasteiger partial charge in [0.1, 0.15) is 0 Å². The van der Waals surface area contributed by atoms with Crippen LogP contribution in [0.4, 0.5) is 5.69 Å². The number of hydrogen-bond donors (Lipinski definition) is 0. The van der Waals surface area contributed by atoms with Crippen molar-refractivity contribution >= 4 is 39.3 Å². The molecule has 1 unspecified atom stereocenters. The second-order valence-electron chi connectivity index (χ2n) is 4.22. The molecule has 0 bridgehead atoms. The van der Waals surface area contributed by atoms with E-state index in [1.807, 2.05) is 24.0 Å². The van der Waals surface area contributed by atoms with Gasteiger partial charge in [-0.25, -0.2) is 0 Å². The van der Waals surface area contributed by atoms with E-state index >= 15 is 0 Å². The molecular formula is C13H16BrNOS. The molecule has 1 amide bonds. The van der Waals surface area contributed by atoms with Crippen LogP contribution in [0.2, 0.25) is 0 Å². The van der Waals surface area contributed by atoms with Gasteiger partial charge in [-0.05, 0) is 31.5 Å². The molecule has 0 saturated carbocycles. The summed E-state index contributed by atoms with van der Waals surface area (Å²) in [6.45, 7) is 4.96. The molecule has 1 aliphatic heterocycles. The minimum absolute atomic E-state index is 0.0219. The lowest BCUT2D eigenvalue weighted by molar-refractivity contribution is -0.118. The fourth-order valence-corrected chi connectivity index (χ4v) is 3.55. The molecule has 1 aromatic rings. The lowest BCUT2D eigenvalue weighted by Crippen LogP contribution is -2.40. The Morgan fingerprint density at radius 1 is 1.47 bits per heavy atom. The fraction of sp³-hybridized carbons (Fsp3) is 0.462. The molecule has 17 heavy (non-hydrogen) atoms. The molecule has 0 aromatic heterocycles. The van der Waals surface area contributed by atoms with Gasteiger partial charge in [0.15, 0.2) is 0 Å². The second-order valence-corrected chi connectivity index (χ2v) is 6.51. The Morgan fingerprint density at radius 3 is 2.94 bits per heavy atom. The highest BCUT2D eigenvalue weighted by Crippen LogP contribution is 2.40. The number of unbranched alkanes of at least 4 members (excludes halogenated alkanes) is 1. The first-order valence-electron chi connectivity index (χ1n) is 5.91. The Hall–Kier alpha value is -0.480. The highest BCUT2D eigenvalue weighted by atomic mass is 79.9. The van der Waals surface area contributed by atoms with Crippen molar-refractivity contribution in [3.8, 4) is 0 Å². The van der Waals surface area contributed by atoms with E-state index in [9.17, 15) is 4.79 Å². The Labute approximate surface area is 115 Å². The van der Waals surface area contributed by atoms with Crippen molar-refractivity contribution in [2.75, 3.05) is 11.4 Å². The van der Waals surface area contributed by atoms with Crippen LogP contribution < -0.4 is 4.90 Å². The van der Waals surface area contributed by atoms with Crippen molar-refractivity contribution in [1.82, 2.24) is 0 Å². The first kappa shape index (κ1) is 13.0. The topological polar surface area (TPSA) is 20.3 Å². The molecule has 0 saturated heterocycles. The fourth-order valence-electron chi connectivity index (χ4n) is 1.93. The number of halogens is 1. The van der Waals surface area contributed by atoms with Gasteiger partial charge in [-0.2, -0.15) is 0 Å². The summed E-state index contributed by atoms with van der Waals surface area (Å²) in [5.41, 5.74) is 1.06. The van der Waals surface area contributed by atoms with Crippen molar-refractivity contribution in [1.29, 1.82) is 0 Å². The number of benzene rings is 1. The number of hydrogen-bond acceptors (Lipinski definition) is 2. The summed E-state index contributed by atoms with van der Waals surface area (Å²) in [6.07, 6.45) is 2.16. The summed E-state index contributed by atoms with van der Waals surface area (Å²) < 4.78 is 1.07. The number of fused-ring (bicyclic) bond motifs is 1. The molecule has 0 aliphatic carbocycles. The van der Waals surface area contributed by atoms with Crippen LogP contribution in [0.5, 0.6) is 0 Å². The molecule has 92 valence electrons. The molecule has 0 N–H and O–H groups in total. The maximum absolute atomic E-state index is 12.2. The third-order valence-electron chi connectivity index (χ3n) is 2.87. The standard InChI is InChI=1S/C13H16BrNOS/c1-3-4-7-15-11-6-5-10(14)8-12(11)17-9(2)13(15)16/h5-6,8-9H,3-4,7H2,1-2H3. The van der Waals surface area contributed by atoms with Gasteiger partial charge in [-0.15, -0.1) is 11.8 Å². The number of carbonyl (C=O) groups excluding carboxylic acids is 1. The predicted octanol–water partition coefficient (Wildman–Crippen LogP) is 4.08. The Kier molecular flexibility index (Phi) is 4.15. The number of thioether (sulfide) groups is 1. The van der Waals surface area contributed by atoms with E-state index in [0.717, 1.165) is 29.5 Å². The number of nitrogens with zero attached hydrogens (tertiary/aromatic N) is 1. The van der Waals surface area contributed by atoms with E-state index in [4.69, 9.17) is 0 Å². The minimum Gasteiger partial charge on any atom is -0.310 e. The lowest BCUT2D eigenvalue weighted by Gasteiger charge is -2.32. The smallest absolute Gasteiger partial charge is 0.240 e. The SMILES string of the molecule is CCCCN1C(=O)C(C)Sc2cc(Br)ccc21. The molecule has 1 aliphatic rings. The Bertz CT molecular complexity index is 435. The van der Waals surface area contributed by atoms with Crippen LogP contribution in [0.25, 0.3) is 0 Å². The van der Waals surface area contributed by atoms with Crippen LogP contribution in [0.1, 0.15) is 26.7 Å². The van der Waals surface area contributed by atoms with Gasteiger partial charge in [0.25, 0.3) is 0 Å². The quantitative estimate of drug-likeness (QED) is 0.838. The van der Waals surface area contributed by atoms with E-state index < -0.39 is 0 Å². The van der Waals surface area contributed by atoms with E-state index in [1.54, 1.807) is 11.8 Å². The monoisotopic (exact) mass is 313 g/mol. The van der Waals surface area contributed by atoms with Crippen LogP contribution in [-0.4, -0.2) is 17.7 Å². The summed E-state index contributed by atoms with van der Waals surface area (Å²) in [4.78, 5) is 15.3. The normalized spacial score (nSPS) is 19.4. The average molecular weight is 314 g/mol. The van der Waals surface area contributed by atoms with E-state index in [1.165, 1.54) is 4.90 Å². The zero-order valence-corrected chi connectivity index (χ0v) is 12.5. The molecule has 0 fully saturated rings. The van der Waals surface area contributed by atoms with Gasteiger partial charge in [0.05, 0.1) is 10.9 Å². The van der Waals surface area contributed by atoms with Gasteiger partial charge in [-0.1, -0.05) is 29.3 Å². The largest absolute Gasteiger partial charge is 0.310 e. The number of rotatable bonds is 3. The number of anilines is 1. The highest BCUT2D eigenvalue weighted by Gasteiger charge is 2.30. The first-order valence-corrected chi connectivity index (χ1v) is 7.58. The van der Waals surface area contributed by atoms with Crippen LogP contribution in [0, 0.1) is 0 Å². The van der Waals surface area contributed by atoms with E-state index in [-0.39, 0.29) is 11.2 Å². The predicted molar refractivity (Wildman–Crippen MR) is 76.7 cm³/mol. The van der Waals surface area contributed by atoms with E-state index in [2.05, 4.69) is 28.9 Å². The molecular weight excluding hydrogens is 298 g/mol. The van der Waals surface area contributed by atoms with Gasteiger partial charge in [0.2, 0.25) is 5.91 Å². The number of amides is 1. The zero-order chi connectivity index (χ0) is 12.4. The maximum Gasteiger partial charge on any atom is 0.240 e. The highest BCUT2D eigenvalue weighted by molar-refractivity contribution is 9.10. The van der Waals surface area contributed by atoms with Gasteiger partial charge < -0.3 is 4.90 Å². The summed E-state index contributed by atoms with van der Waals surface area (Å²) in [6, 6.07) is 6.13. The summed E-state index contributed by atoms with van der Waals surface area (Å²) >= 11 is 5.13. The number of carbonyl (C=O) groups is 1. The van der Waals surface area contributed by atoms with E-state index in [0.29, 0.717) is 0 Å². The van der Waals surface area contributed by atoms with Crippen molar-refractivity contribution in [2.45, 2.75) is 36.8 Å². The van der Waals surface area contributed by atoms with Crippen molar-refractivity contribution in [3.63, 3.8) is 0 Å². The third-order valence-corrected chi connectivity index (χ3v) is 4.49. The molecule has 4 heteroatoms. The van der Waals surface area contributed by atoms with Crippen molar-refractivity contribution in [3.05, 3.63) is 22.7 Å². The first-order chi connectivity index (χ1) is 8.13. The summed E-state index contributed by atoms with van der Waals surface area (Å²) in [5, 5.41) is 0.0219. The van der Waals surface area contributed by atoms with Gasteiger partial charge in [-0.3, -0.25) is 4.79 Å². The van der Waals surface area contributed by atoms with Crippen molar-refractivity contribution < 1.29 is 4.79 Å². The minimum atomic E-state index is 0.0219. The molecule has 1 heterocycles. The van der Waals surface area contributed by atoms with Crippen LogP contribution in [0.15, 0.2) is 27.6 Å². The average Bonchev–Trinajstić information content (AvgIpc) is 2.30. The molecule has 1 atom stereocenters. The molecule has 0 spiro atoms. The summed E-state index contributed by atoms with van der Waals surface area (Å²) in [7, 11) is 0. The Balaban J connectivity index is 2.34. The van der Waals surface area contributed by atoms with Gasteiger partial charge in [0, 0.05) is 15.9 Å². The lowest BCUT2D eigenvalue weighted by atomic mass is 10.2. The van der Waals surface area contributed by atoms with Crippen LogP contribution in [-0.2, 0) is 4.79 Å². The molecule has 0 radical (unpaired) electrons. The summed E-state index contributed by atoms with van der Waals surface area (Å²) in [5.74, 6) is 0.235. The van der Waals surface area contributed by atoms with Crippen LogP contribution >= 0.6 is 27.7 Å². The van der Waals surface area contributed by atoms with Crippen molar-refractivity contribution in [2.24, 2.45) is 0 Å². The third kappa shape index (κ3) is 2.68. The maximum atomic E-state index is 12.2. The zero-order valence-electron chi connectivity index (χ0n) is 10.1. The van der Waals surface area contributed by atoms with Gasteiger partial charge >= 0.3 is 0 Å². The molecule has 2 nitrogen and oxygen atoms in total. The second kappa shape index (κ2) is 5.44. The molecule has 1 aromatic carbocycles. The Morgan fingerprint density at radius 2 is 2.24 bits per heavy atom. The van der Waals surface area contributed by atoms with Crippen LogP contribution in [0.3, 0.4) is 0 Å².